The molecule has 17 heavy (non-hydrogen) atoms. The van der Waals surface area contributed by atoms with Crippen LogP contribution < -0.4 is 9.47 Å². The summed E-state index contributed by atoms with van der Waals surface area (Å²) in [6.45, 7) is 1.25. The number of esters is 1. The van der Waals surface area contributed by atoms with Crippen LogP contribution >= 0.6 is 0 Å². The molecule has 1 rings (SSSR count). The van der Waals surface area contributed by atoms with Gasteiger partial charge < -0.3 is 14.2 Å². The zero-order chi connectivity index (χ0) is 12.8. The SMILES string of the molecule is COc1ccc(OC)c([C@@H](C#N)OC(C)=O)c1. The monoisotopic (exact) mass is 235 g/mol. The van der Waals surface area contributed by atoms with Crippen LogP contribution in [0.1, 0.15) is 18.6 Å². The van der Waals surface area contributed by atoms with Gasteiger partial charge in [-0.25, -0.2) is 0 Å². The van der Waals surface area contributed by atoms with Crippen LogP contribution in [0, 0.1) is 11.3 Å². The highest BCUT2D eigenvalue weighted by atomic mass is 16.5. The van der Waals surface area contributed by atoms with Crippen molar-refractivity contribution in [3.63, 3.8) is 0 Å². The van der Waals surface area contributed by atoms with E-state index in [4.69, 9.17) is 19.5 Å². The third-order valence-electron chi connectivity index (χ3n) is 2.12. The van der Waals surface area contributed by atoms with Crippen LogP contribution in [-0.2, 0) is 9.53 Å². The van der Waals surface area contributed by atoms with Crippen LogP contribution in [0.4, 0.5) is 0 Å². The first-order valence-electron chi connectivity index (χ1n) is 4.91. The van der Waals surface area contributed by atoms with E-state index >= 15 is 0 Å². The van der Waals surface area contributed by atoms with Crippen LogP contribution in [0.2, 0.25) is 0 Å². The van der Waals surface area contributed by atoms with Crippen LogP contribution in [0.15, 0.2) is 18.2 Å². The van der Waals surface area contributed by atoms with Gasteiger partial charge in [-0.2, -0.15) is 5.26 Å². The lowest BCUT2D eigenvalue weighted by molar-refractivity contribution is -0.144. The van der Waals surface area contributed by atoms with Gasteiger partial charge in [0.2, 0.25) is 6.10 Å². The second-order valence-corrected chi connectivity index (χ2v) is 3.23. The van der Waals surface area contributed by atoms with E-state index in [1.807, 2.05) is 6.07 Å². The minimum atomic E-state index is -1.00. The molecule has 0 amide bonds. The molecule has 0 aliphatic carbocycles. The number of hydrogen-bond donors (Lipinski definition) is 0. The fourth-order valence-electron chi connectivity index (χ4n) is 1.37. The summed E-state index contributed by atoms with van der Waals surface area (Å²) in [5.41, 5.74) is 0.463. The van der Waals surface area contributed by atoms with Gasteiger partial charge in [-0.15, -0.1) is 0 Å². The van der Waals surface area contributed by atoms with E-state index in [1.165, 1.54) is 21.1 Å². The second kappa shape index (κ2) is 5.75. The van der Waals surface area contributed by atoms with Gasteiger partial charge >= 0.3 is 5.97 Å². The van der Waals surface area contributed by atoms with Crippen LogP contribution in [-0.4, -0.2) is 20.2 Å². The summed E-state index contributed by atoms with van der Waals surface area (Å²) in [4.78, 5) is 10.9. The Hall–Kier alpha value is -2.22. The van der Waals surface area contributed by atoms with E-state index in [-0.39, 0.29) is 0 Å². The fourth-order valence-corrected chi connectivity index (χ4v) is 1.37. The third-order valence-corrected chi connectivity index (χ3v) is 2.12. The minimum Gasteiger partial charge on any atom is -0.497 e. The summed E-state index contributed by atoms with van der Waals surface area (Å²) < 4.78 is 15.1. The van der Waals surface area contributed by atoms with E-state index < -0.39 is 12.1 Å². The van der Waals surface area contributed by atoms with Crippen molar-refractivity contribution in [1.82, 2.24) is 0 Å². The van der Waals surface area contributed by atoms with Crippen molar-refractivity contribution >= 4 is 5.97 Å². The van der Waals surface area contributed by atoms with Gasteiger partial charge in [-0.3, -0.25) is 4.79 Å². The lowest BCUT2D eigenvalue weighted by Gasteiger charge is -2.14. The van der Waals surface area contributed by atoms with Crippen LogP contribution in [0.3, 0.4) is 0 Å². The fraction of sp³-hybridized carbons (Fsp3) is 0.333. The summed E-state index contributed by atoms with van der Waals surface area (Å²) >= 11 is 0. The van der Waals surface area contributed by atoms with Gasteiger partial charge in [0.05, 0.1) is 19.8 Å². The molecule has 1 atom stereocenters. The zero-order valence-electron chi connectivity index (χ0n) is 9.89. The molecule has 1 aromatic rings. The molecule has 0 bridgehead atoms. The molecule has 0 fully saturated rings. The van der Waals surface area contributed by atoms with Gasteiger partial charge in [0.25, 0.3) is 0 Å². The number of nitriles is 1. The van der Waals surface area contributed by atoms with E-state index in [2.05, 4.69) is 0 Å². The first-order valence-corrected chi connectivity index (χ1v) is 4.91. The molecule has 0 aliphatic heterocycles. The number of carbonyl (C=O) groups is 1. The number of methoxy groups -OCH3 is 2. The predicted molar refractivity (Wildman–Crippen MR) is 59.7 cm³/mol. The van der Waals surface area contributed by atoms with Crippen LogP contribution in [0.25, 0.3) is 0 Å². The van der Waals surface area contributed by atoms with Crippen molar-refractivity contribution in [3.05, 3.63) is 23.8 Å². The van der Waals surface area contributed by atoms with Crippen molar-refractivity contribution in [3.8, 4) is 17.6 Å². The molecule has 0 unspecified atom stereocenters. The van der Waals surface area contributed by atoms with Gasteiger partial charge in [0.15, 0.2) is 0 Å². The molecule has 0 aliphatic rings. The average molecular weight is 235 g/mol. The lowest BCUT2D eigenvalue weighted by Crippen LogP contribution is -2.08. The predicted octanol–water partition coefficient (Wildman–Crippen LogP) is 1.83. The van der Waals surface area contributed by atoms with Crippen molar-refractivity contribution < 1.29 is 19.0 Å². The first kappa shape index (κ1) is 12.8. The maximum absolute atomic E-state index is 10.9. The quantitative estimate of drug-likeness (QED) is 0.745. The molecule has 0 saturated carbocycles. The molecule has 1 aromatic carbocycles. The van der Waals surface area contributed by atoms with E-state index in [0.29, 0.717) is 17.1 Å². The number of benzene rings is 1. The van der Waals surface area contributed by atoms with Crippen molar-refractivity contribution in [2.24, 2.45) is 0 Å². The molecule has 0 spiro atoms. The number of hydrogen-bond acceptors (Lipinski definition) is 5. The first-order chi connectivity index (χ1) is 8.12. The molecular formula is C12H13NO4. The molecule has 0 saturated heterocycles. The van der Waals surface area contributed by atoms with E-state index in [0.717, 1.165) is 0 Å². The third kappa shape index (κ3) is 3.11. The number of nitrogens with zero attached hydrogens (tertiary/aromatic N) is 1. The van der Waals surface area contributed by atoms with Gasteiger partial charge in [0, 0.05) is 6.92 Å². The maximum atomic E-state index is 10.9. The molecule has 90 valence electrons. The Bertz CT molecular complexity index is 450. The molecule has 0 N–H and O–H groups in total. The standard InChI is InChI=1S/C12H13NO4/c1-8(14)17-12(7-13)10-6-9(15-2)4-5-11(10)16-3/h4-6,12H,1-3H3/t12-/m1/s1. The Balaban J connectivity index is 3.15. The molecular weight excluding hydrogens is 222 g/mol. The van der Waals surface area contributed by atoms with E-state index in [1.54, 1.807) is 18.2 Å². The number of rotatable bonds is 4. The summed E-state index contributed by atoms with van der Waals surface area (Å²) in [6, 6.07) is 6.86. The highest BCUT2D eigenvalue weighted by molar-refractivity contribution is 5.67. The summed E-state index contributed by atoms with van der Waals surface area (Å²) in [6.07, 6.45) is -1.00. The zero-order valence-corrected chi connectivity index (χ0v) is 9.89. The van der Waals surface area contributed by atoms with Crippen molar-refractivity contribution in [1.29, 1.82) is 5.26 Å². The van der Waals surface area contributed by atoms with Gasteiger partial charge in [-0.05, 0) is 18.2 Å². The molecule has 0 aromatic heterocycles. The number of carbonyl (C=O) groups excluding carboxylic acids is 1. The van der Waals surface area contributed by atoms with E-state index in [9.17, 15) is 4.79 Å². The molecule has 0 heterocycles. The Morgan fingerprint density at radius 1 is 1.35 bits per heavy atom. The second-order valence-electron chi connectivity index (χ2n) is 3.23. The Kier molecular flexibility index (Phi) is 4.35. The lowest BCUT2D eigenvalue weighted by atomic mass is 10.1. The Morgan fingerprint density at radius 2 is 2.06 bits per heavy atom. The molecule has 5 heteroatoms. The summed E-state index contributed by atoms with van der Waals surface area (Å²) in [5, 5.41) is 8.99. The van der Waals surface area contributed by atoms with Crippen molar-refractivity contribution in [2.75, 3.05) is 14.2 Å². The summed E-state index contributed by atoms with van der Waals surface area (Å²) in [7, 11) is 2.99. The number of ether oxygens (including phenoxy) is 3. The van der Waals surface area contributed by atoms with Gasteiger partial charge in [-0.1, -0.05) is 0 Å². The Morgan fingerprint density at radius 3 is 2.53 bits per heavy atom. The highest BCUT2D eigenvalue weighted by Gasteiger charge is 2.19. The molecule has 0 radical (unpaired) electrons. The average Bonchev–Trinajstić information content (AvgIpc) is 2.34. The van der Waals surface area contributed by atoms with Crippen molar-refractivity contribution in [2.45, 2.75) is 13.0 Å². The largest absolute Gasteiger partial charge is 0.497 e. The summed E-state index contributed by atoms with van der Waals surface area (Å²) in [5.74, 6) is 0.508. The van der Waals surface area contributed by atoms with Crippen LogP contribution in [0.5, 0.6) is 11.5 Å². The Labute approximate surface area is 99.5 Å². The smallest absolute Gasteiger partial charge is 0.304 e. The molecule has 5 nitrogen and oxygen atoms in total. The minimum absolute atomic E-state index is 0.463. The maximum Gasteiger partial charge on any atom is 0.304 e. The normalized spacial score (nSPS) is 11.2. The topological polar surface area (TPSA) is 68.6 Å². The highest BCUT2D eigenvalue weighted by Crippen LogP contribution is 2.31. The van der Waals surface area contributed by atoms with Gasteiger partial charge in [0.1, 0.15) is 17.6 Å².